The highest BCUT2D eigenvalue weighted by molar-refractivity contribution is 7.98. The van der Waals surface area contributed by atoms with Gasteiger partial charge in [-0.25, -0.2) is 7.94 Å². The van der Waals surface area contributed by atoms with Gasteiger partial charge in [-0.1, -0.05) is 0 Å². The Hall–Kier alpha value is 0.240. The number of ether oxygens (including phenoxy) is 1. The van der Waals surface area contributed by atoms with Crippen LogP contribution in [0, 0.1) is 0 Å². The fourth-order valence-electron chi connectivity index (χ4n) is 0.662. The number of carbonyl (C=O) groups is 1. The molecule has 0 rings (SSSR count). The van der Waals surface area contributed by atoms with Crippen molar-refractivity contribution in [2.24, 2.45) is 0 Å². The normalized spacial score (nSPS) is 11.5. The zero-order valence-electron chi connectivity index (χ0n) is 10.4. The van der Waals surface area contributed by atoms with Gasteiger partial charge in [-0.2, -0.15) is 0 Å². The number of esters is 1. The van der Waals surface area contributed by atoms with Gasteiger partial charge in [0.15, 0.2) is 24.6 Å². The molecule has 0 fully saturated rings. The second-order valence-corrected chi connectivity index (χ2v) is 6.15. The maximum Gasteiger partial charge on any atom is 0.367 e. The average molecular weight is 320 g/mol. The Morgan fingerprint density at radius 3 is 1.89 bits per heavy atom. The highest BCUT2D eigenvalue weighted by atomic mass is 32.2. The van der Waals surface area contributed by atoms with Crippen LogP contribution in [0.3, 0.4) is 0 Å². The molecule has 0 unspecified atom stereocenters. The SMILES string of the molecule is CCOSOP(=O)(CC(=O)OCC)OSOCC. The van der Waals surface area contributed by atoms with Crippen molar-refractivity contribution in [3.05, 3.63) is 0 Å². The van der Waals surface area contributed by atoms with Crippen LogP contribution >= 0.6 is 32.2 Å². The Labute approximate surface area is 116 Å². The molecule has 0 amide bonds. The van der Waals surface area contributed by atoms with Crippen molar-refractivity contribution in [2.45, 2.75) is 20.8 Å². The standard InChI is InChI=1S/C8H17O7PS2/c1-4-11-8(9)7-16(10,14-17-12-5-2)15-18-13-6-3/h4-7H2,1-3H3. The lowest BCUT2D eigenvalue weighted by molar-refractivity contribution is -0.140. The number of hydrogen-bond acceptors (Lipinski definition) is 9. The molecule has 10 heteroatoms. The van der Waals surface area contributed by atoms with E-state index >= 15 is 0 Å². The second kappa shape index (κ2) is 11.1. The monoisotopic (exact) mass is 320 g/mol. The van der Waals surface area contributed by atoms with Crippen LogP contribution in [-0.4, -0.2) is 32.0 Å². The van der Waals surface area contributed by atoms with E-state index in [1.54, 1.807) is 20.8 Å². The van der Waals surface area contributed by atoms with E-state index in [0.717, 1.165) is 0 Å². The minimum atomic E-state index is -3.66. The molecule has 0 N–H and O–H groups in total. The van der Waals surface area contributed by atoms with E-state index in [1.807, 2.05) is 0 Å². The third kappa shape index (κ3) is 9.21. The van der Waals surface area contributed by atoms with Crippen LogP contribution in [0.15, 0.2) is 0 Å². The molecule has 7 nitrogen and oxygen atoms in total. The largest absolute Gasteiger partial charge is 0.465 e. The molecule has 0 bridgehead atoms. The van der Waals surface area contributed by atoms with E-state index in [-0.39, 0.29) is 6.61 Å². The fraction of sp³-hybridized carbons (Fsp3) is 0.875. The summed E-state index contributed by atoms with van der Waals surface area (Å²) >= 11 is 1.03. The summed E-state index contributed by atoms with van der Waals surface area (Å²) in [5.41, 5.74) is 0. The lowest BCUT2D eigenvalue weighted by atomic mass is 10.8. The summed E-state index contributed by atoms with van der Waals surface area (Å²) in [5, 5.41) is 0. The van der Waals surface area contributed by atoms with Gasteiger partial charge >= 0.3 is 13.6 Å². The molecule has 0 aromatic carbocycles. The lowest BCUT2D eigenvalue weighted by Gasteiger charge is -2.14. The van der Waals surface area contributed by atoms with Gasteiger partial charge in [0.05, 0.1) is 19.8 Å². The van der Waals surface area contributed by atoms with Crippen LogP contribution in [0.25, 0.3) is 0 Å². The number of carbonyl (C=O) groups excluding carboxylic acids is 1. The first-order valence-electron chi connectivity index (χ1n) is 5.28. The van der Waals surface area contributed by atoms with Crippen molar-refractivity contribution >= 4 is 38.2 Å². The molecule has 108 valence electrons. The third-order valence-corrected chi connectivity index (χ3v) is 4.86. The predicted molar refractivity (Wildman–Crippen MR) is 69.7 cm³/mol. The zero-order chi connectivity index (χ0) is 13.9. The van der Waals surface area contributed by atoms with E-state index in [1.165, 1.54) is 0 Å². The smallest absolute Gasteiger partial charge is 0.367 e. The Kier molecular flexibility index (Phi) is 11.2. The molecule has 0 spiro atoms. The van der Waals surface area contributed by atoms with E-state index in [4.69, 9.17) is 16.3 Å². The highest BCUT2D eigenvalue weighted by Crippen LogP contribution is 2.54. The van der Waals surface area contributed by atoms with Crippen LogP contribution in [0.4, 0.5) is 0 Å². The molecular weight excluding hydrogens is 303 g/mol. The number of hydrogen-bond donors (Lipinski definition) is 0. The highest BCUT2D eigenvalue weighted by Gasteiger charge is 2.32. The molecule has 0 aromatic heterocycles. The molecule has 0 saturated carbocycles. The van der Waals surface area contributed by atoms with Crippen LogP contribution in [0.5, 0.6) is 0 Å². The van der Waals surface area contributed by atoms with Gasteiger partial charge in [0.1, 0.15) is 6.16 Å². The van der Waals surface area contributed by atoms with Crippen LogP contribution in [0.2, 0.25) is 0 Å². The van der Waals surface area contributed by atoms with Gasteiger partial charge in [-0.3, -0.25) is 17.7 Å². The van der Waals surface area contributed by atoms with Gasteiger partial charge in [0.2, 0.25) is 0 Å². The maximum absolute atomic E-state index is 12.1. The minimum absolute atomic E-state index is 0.191. The van der Waals surface area contributed by atoms with Crippen molar-refractivity contribution in [1.29, 1.82) is 0 Å². The lowest BCUT2D eigenvalue weighted by Crippen LogP contribution is -2.11. The van der Waals surface area contributed by atoms with Crippen molar-refractivity contribution in [2.75, 3.05) is 26.0 Å². The third-order valence-electron chi connectivity index (χ3n) is 1.25. The molecule has 0 aromatic rings. The van der Waals surface area contributed by atoms with E-state index < -0.39 is 19.7 Å². The summed E-state index contributed by atoms with van der Waals surface area (Å²) < 4.78 is 36.1. The Bertz CT molecular complexity index is 262. The van der Waals surface area contributed by atoms with Crippen LogP contribution in [0.1, 0.15) is 20.8 Å². The molecule has 0 aliphatic carbocycles. The van der Waals surface area contributed by atoms with E-state index in [9.17, 15) is 9.36 Å². The first-order valence-corrected chi connectivity index (χ1v) is 8.34. The number of rotatable bonds is 11. The first-order chi connectivity index (χ1) is 8.58. The molecule has 0 aliphatic rings. The quantitative estimate of drug-likeness (QED) is 0.247. The second-order valence-electron chi connectivity index (χ2n) is 2.67. The van der Waals surface area contributed by atoms with Crippen molar-refractivity contribution in [3.63, 3.8) is 0 Å². The van der Waals surface area contributed by atoms with Gasteiger partial charge in [0, 0.05) is 0 Å². The molecule has 0 aliphatic heterocycles. The van der Waals surface area contributed by atoms with Gasteiger partial charge in [-0.05, 0) is 20.8 Å². The predicted octanol–water partition coefficient (Wildman–Crippen LogP) is 2.98. The summed E-state index contributed by atoms with van der Waals surface area (Å²) in [5.74, 6) is -0.671. The molecule has 0 atom stereocenters. The minimum Gasteiger partial charge on any atom is -0.465 e. The van der Waals surface area contributed by atoms with Gasteiger partial charge < -0.3 is 4.74 Å². The Balaban J connectivity index is 4.28. The van der Waals surface area contributed by atoms with Crippen molar-refractivity contribution in [1.82, 2.24) is 0 Å². The average Bonchev–Trinajstić information content (AvgIpc) is 2.30. The Morgan fingerprint density at radius 1 is 1.00 bits per heavy atom. The van der Waals surface area contributed by atoms with E-state index in [2.05, 4.69) is 4.74 Å². The summed E-state index contributed by atoms with van der Waals surface area (Å²) in [6.45, 7) is 6.04. The summed E-state index contributed by atoms with van der Waals surface area (Å²) in [6.07, 6.45) is -0.499. The van der Waals surface area contributed by atoms with Crippen molar-refractivity contribution in [3.8, 4) is 0 Å². The molecule has 0 radical (unpaired) electrons. The van der Waals surface area contributed by atoms with Crippen molar-refractivity contribution < 1.29 is 30.4 Å². The van der Waals surface area contributed by atoms with E-state index in [0.29, 0.717) is 37.9 Å². The summed E-state index contributed by atoms with van der Waals surface area (Å²) in [7, 11) is -3.66. The summed E-state index contributed by atoms with van der Waals surface area (Å²) in [6, 6.07) is 0. The Morgan fingerprint density at radius 2 is 1.50 bits per heavy atom. The maximum atomic E-state index is 12.1. The van der Waals surface area contributed by atoms with Gasteiger partial charge in [-0.15, -0.1) is 0 Å². The van der Waals surface area contributed by atoms with Crippen LogP contribution in [-0.2, 0) is 30.4 Å². The topological polar surface area (TPSA) is 80.3 Å². The van der Waals surface area contributed by atoms with Gasteiger partial charge in [0.25, 0.3) is 0 Å². The molecular formula is C8H17O7PS2. The molecule has 18 heavy (non-hydrogen) atoms. The molecule has 0 heterocycles. The molecule has 0 saturated heterocycles. The zero-order valence-corrected chi connectivity index (χ0v) is 13.0. The first kappa shape index (κ1) is 18.2. The fourth-order valence-corrected chi connectivity index (χ4v) is 3.09. The summed E-state index contributed by atoms with van der Waals surface area (Å²) in [4.78, 5) is 11.3. The van der Waals surface area contributed by atoms with Crippen LogP contribution < -0.4 is 0 Å².